The molecule has 1 saturated carbocycles. The minimum absolute atomic E-state index is 0.192. The minimum Gasteiger partial charge on any atom is -0.450 e. The van der Waals surface area contributed by atoms with Crippen LogP contribution < -0.4 is 0 Å². The standard InChI is InChI=1S/C14H26O3/c1-10(2)8-11-6-5-7-12(14(11,3)4)9-17-13(15)16/h10-12H,5-9H2,1-4H3,(H,15,16). The number of carbonyl (C=O) groups is 1. The van der Waals surface area contributed by atoms with Gasteiger partial charge in [0.2, 0.25) is 0 Å². The first-order valence-corrected chi connectivity index (χ1v) is 6.69. The fraction of sp³-hybridized carbons (Fsp3) is 0.929. The Labute approximate surface area is 105 Å². The maximum atomic E-state index is 10.5. The van der Waals surface area contributed by atoms with Gasteiger partial charge in [0.05, 0.1) is 6.61 Å². The second-order valence-corrected chi connectivity index (χ2v) is 6.35. The van der Waals surface area contributed by atoms with Crippen LogP contribution in [0.25, 0.3) is 0 Å². The van der Waals surface area contributed by atoms with E-state index in [0.717, 1.165) is 6.42 Å². The molecule has 1 aliphatic rings. The molecule has 0 radical (unpaired) electrons. The van der Waals surface area contributed by atoms with Crippen molar-refractivity contribution in [1.82, 2.24) is 0 Å². The van der Waals surface area contributed by atoms with Crippen LogP contribution in [0.15, 0.2) is 0 Å². The van der Waals surface area contributed by atoms with E-state index in [1.165, 1.54) is 19.3 Å². The number of hydrogen-bond donors (Lipinski definition) is 1. The Balaban J connectivity index is 2.62. The molecule has 1 fully saturated rings. The fourth-order valence-electron chi connectivity index (χ4n) is 3.15. The van der Waals surface area contributed by atoms with Crippen molar-refractivity contribution in [1.29, 1.82) is 0 Å². The normalized spacial score (nSPS) is 28.1. The van der Waals surface area contributed by atoms with Crippen molar-refractivity contribution in [2.75, 3.05) is 6.61 Å². The fourth-order valence-corrected chi connectivity index (χ4v) is 3.15. The SMILES string of the molecule is CC(C)CC1CCCC(COC(=O)O)C1(C)C. The predicted octanol–water partition coefficient (Wildman–Crippen LogP) is 4.17. The van der Waals surface area contributed by atoms with Gasteiger partial charge in [-0.1, -0.05) is 34.1 Å². The number of rotatable bonds is 4. The molecule has 0 aromatic heterocycles. The van der Waals surface area contributed by atoms with E-state index in [1.807, 2.05) is 0 Å². The minimum atomic E-state index is -1.15. The van der Waals surface area contributed by atoms with Crippen molar-refractivity contribution in [3.8, 4) is 0 Å². The highest BCUT2D eigenvalue weighted by Gasteiger charge is 2.40. The van der Waals surface area contributed by atoms with Crippen molar-refractivity contribution in [3.05, 3.63) is 0 Å². The highest BCUT2D eigenvalue weighted by molar-refractivity contribution is 5.56. The van der Waals surface area contributed by atoms with Crippen molar-refractivity contribution < 1.29 is 14.6 Å². The molecule has 0 amide bonds. The van der Waals surface area contributed by atoms with E-state index in [0.29, 0.717) is 24.4 Å². The molecule has 0 aromatic rings. The monoisotopic (exact) mass is 242 g/mol. The lowest BCUT2D eigenvalue weighted by Crippen LogP contribution is -2.39. The topological polar surface area (TPSA) is 46.5 Å². The summed E-state index contributed by atoms with van der Waals surface area (Å²) in [6.45, 7) is 9.42. The molecule has 1 N–H and O–H groups in total. The third-order valence-corrected chi connectivity index (χ3v) is 4.37. The Bertz CT molecular complexity index is 258. The van der Waals surface area contributed by atoms with E-state index >= 15 is 0 Å². The van der Waals surface area contributed by atoms with Crippen LogP contribution in [0, 0.1) is 23.2 Å². The summed E-state index contributed by atoms with van der Waals surface area (Å²) in [7, 11) is 0. The summed E-state index contributed by atoms with van der Waals surface area (Å²) in [5.74, 6) is 1.77. The molecule has 2 atom stereocenters. The number of carboxylic acid groups (broad SMARTS) is 1. The summed E-state index contributed by atoms with van der Waals surface area (Å²) in [5.41, 5.74) is 0.192. The lowest BCUT2D eigenvalue weighted by atomic mass is 9.60. The smallest absolute Gasteiger partial charge is 0.450 e. The molecule has 17 heavy (non-hydrogen) atoms. The molecule has 0 saturated heterocycles. The summed E-state index contributed by atoms with van der Waals surface area (Å²) in [6.07, 6.45) is 3.65. The maximum Gasteiger partial charge on any atom is 0.505 e. The van der Waals surface area contributed by atoms with E-state index in [9.17, 15) is 4.79 Å². The van der Waals surface area contributed by atoms with E-state index in [1.54, 1.807) is 0 Å². The molecule has 0 bridgehead atoms. The predicted molar refractivity (Wildman–Crippen MR) is 68.0 cm³/mol. The average Bonchev–Trinajstić information content (AvgIpc) is 2.18. The quantitative estimate of drug-likeness (QED) is 0.753. The zero-order valence-corrected chi connectivity index (χ0v) is 11.5. The molecule has 1 rings (SSSR count). The molecule has 0 aliphatic heterocycles. The highest BCUT2D eigenvalue weighted by atomic mass is 16.7. The maximum absolute atomic E-state index is 10.5. The molecular weight excluding hydrogens is 216 g/mol. The molecule has 0 aromatic carbocycles. The van der Waals surface area contributed by atoms with Crippen molar-refractivity contribution in [2.45, 2.75) is 53.4 Å². The van der Waals surface area contributed by atoms with Crippen LogP contribution in [0.5, 0.6) is 0 Å². The van der Waals surface area contributed by atoms with Gasteiger partial charge in [0.1, 0.15) is 0 Å². The van der Waals surface area contributed by atoms with Crippen LogP contribution in [0.1, 0.15) is 53.4 Å². The van der Waals surface area contributed by atoms with Gasteiger partial charge in [-0.05, 0) is 42.4 Å². The molecule has 100 valence electrons. The van der Waals surface area contributed by atoms with E-state index < -0.39 is 6.16 Å². The van der Waals surface area contributed by atoms with E-state index in [-0.39, 0.29) is 5.41 Å². The first-order chi connectivity index (χ1) is 7.84. The second-order valence-electron chi connectivity index (χ2n) is 6.35. The lowest BCUT2D eigenvalue weighted by molar-refractivity contribution is -0.00754. The van der Waals surface area contributed by atoms with Gasteiger partial charge in [0.25, 0.3) is 0 Å². The van der Waals surface area contributed by atoms with Crippen molar-refractivity contribution in [3.63, 3.8) is 0 Å². The van der Waals surface area contributed by atoms with E-state index in [2.05, 4.69) is 27.7 Å². The largest absolute Gasteiger partial charge is 0.505 e. The lowest BCUT2D eigenvalue weighted by Gasteiger charge is -2.45. The van der Waals surface area contributed by atoms with Gasteiger partial charge in [-0.3, -0.25) is 0 Å². The summed E-state index contributed by atoms with van der Waals surface area (Å²) < 4.78 is 4.79. The molecule has 2 unspecified atom stereocenters. The molecule has 3 nitrogen and oxygen atoms in total. The Morgan fingerprint density at radius 1 is 1.35 bits per heavy atom. The van der Waals surface area contributed by atoms with Gasteiger partial charge in [-0.2, -0.15) is 0 Å². The third kappa shape index (κ3) is 3.90. The van der Waals surface area contributed by atoms with Crippen LogP contribution in [0.3, 0.4) is 0 Å². The van der Waals surface area contributed by atoms with E-state index in [4.69, 9.17) is 9.84 Å². The van der Waals surface area contributed by atoms with Crippen LogP contribution in [0.2, 0.25) is 0 Å². The van der Waals surface area contributed by atoms with Gasteiger partial charge >= 0.3 is 6.16 Å². The summed E-state index contributed by atoms with van der Waals surface area (Å²) in [6, 6.07) is 0. The summed E-state index contributed by atoms with van der Waals surface area (Å²) >= 11 is 0. The molecule has 0 spiro atoms. The summed E-state index contributed by atoms with van der Waals surface area (Å²) in [5, 5.41) is 8.60. The van der Waals surface area contributed by atoms with Crippen molar-refractivity contribution >= 4 is 6.16 Å². The second kappa shape index (κ2) is 5.74. The first kappa shape index (κ1) is 14.3. The Morgan fingerprint density at radius 2 is 1.94 bits per heavy atom. The molecule has 0 heterocycles. The van der Waals surface area contributed by atoms with Crippen molar-refractivity contribution in [2.24, 2.45) is 23.2 Å². The van der Waals surface area contributed by atoms with Crippen LogP contribution >= 0.6 is 0 Å². The number of hydrogen-bond acceptors (Lipinski definition) is 2. The average molecular weight is 242 g/mol. The Kier molecular flexibility index (Phi) is 4.84. The first-order valence-electron chi connectivity index (χ1n) is 6.69. The third-order valence-electron chi connectivity index (χ3n) is 4.37. The Morgan fingerprint density at radius 3 is 2.47 bits per heavy atom. The zero-order valence-electron chi connectivity index (χ0n) is 11.5. The van der Waals surface area contributed by atoms with Crippen LogP contribution in [0.4, 0.5) is 4.79 Å². The molecule has 3 heteroatoms. The van der Waals surface area contributed by atoms with Gasteiger partial charge in [0.15, 0.2) is 0 Å². The number of ether oxygens (including phenoxy) is 1. The molecular formula is C14H26O3. The Hall–Kier alpha value is -0.730. The van der Waals surface area contributed by atoms with Crippen LogP contribution in [-0.4, -0.2) is 17.9 Å². The van der Waals surface area contributed by atoms with Gasteiger partial charge < -0.3 is 9.84 Å². The zero-order chi connectivity index (χ0) is 13.1. The molecule has 1 aliphatic carbocycles. The highest BCUT2D eigenvalue weighted by Crippen LogP contribution is 2.47. The van der Waals surface area contributed by atoms with Crippen LogP contribution in [-0.2, 0) is 4.74 Å². The van der Waals surface area contributed by atoms with Gasteiger partial charge in [-0.25, -0.2) is 4.79 Å². The van der Waals surface area contributed by atoms with Gasteiger partial charge in [0, 0.05) is 0 Å². The summed E-state index contributed by atoms with van der Waals surface area (Å²) in [4.78, 5) is 10.5. The van der Waals surface area contributed by atoms with Gasteiger partial charge in [-0.15, -0.1) is 0 Å².